The summed E-state index contributed by atoms with van der Waals surface area (Å²) in [4.78, 5) is 11.6. The van der Waals surface area contributed by atoms with Gasteiger partial charge in [0, 0.05) is 22.3 Å². The Balaban J connectivity index is 2.03. The lowest BCUT2D eigenvalue weighted by Gasteiger charge is -2.12. The second-order valence-corrected chi connectivity index (χ2v) is 5.75. The first-order valence-corrected chi connectivity index (χ1v) is 8.35. The van der Waals surface area contributed by atoms with E-state index in [0.29, 0.717) is 25.3 Å². The number of nitrogens with one attached hydrogen (secondary N) is 1. The molecule has 0 atom stereocenters. The van der Waals surface area contributed by atoms with Gasteiger partial charge in [-0.25, -0.2) is 4.79 Å². The molecule has 2 aromatic rings. The summed E-state index contributed by atoms with van der Waals surface area (Å²) in [6.45, 7) is 5.40. The van der Waals surface area contributed by atoms with Crippen molar-refractivity contribution >= 4 is 27.6 Å². The van der Waals surface area contributed by atoms with Crippen LogP contribution in [0.2, 0.25) is 0 Å². The highest BCUT2D eigenvalue weighted by atomic mass is 79.9. The van der Waals surface area contributed by atoms with Gasteiger partial charge in [0.1, 0.15) is 5.75 Å². The fourth-order valence-electron chi connectivity index (χ4n) is 2.12. The second-order valence-electron chi connectivity index (χ2n) is 4.84. The van der Waals surface area contributed by atoms with E-state index in [1.165, 1.54) is 0 Å². The van der Waals surface area contributed by atoms with Crippen LogP contribution in [0.15, 0.2) is 46.9 Å². The summed E-state index contributed by atoms with van der Waals surface area (Å²) >= 11 is 3.48. The molecule has 0 spiro atoms. The van der Waals surface area contributed by atoms with Crippen molar-refractivity contribution in [3.8, 4) is 5.75 Å². The summed E-state index contributed by atoms with van der Waals surface area (Å²) in [6.07, 6.45) is 0. The predicted octanol–water partition coefficient (Wildman–Crippen LogP) is 4.64. The minimum absolute atomic E-state index is 0.301. The van der Waals surface area contributed by atoms with Crippen molar-refractivity contribution < 1.29 is 14.3 Å². The molecule has 0 bridgehead atoms. The molecule has 2 aromatic carbocycles. The summed E-state index contributed by atoms with van der Waals surface area (Å²) in [7, 11) is 0. The molecule has 0 fully saturated rings. The third-order valence-electron chi connectivity index (χ3n) is 3.20. The Morgan fingerprint density at radius 1 is 1.09 bits per heavy atom. The molecule has 1 N–H and O–H groups in total. The van der Waals surface area contributed by atoms with Crippen molar-refractivity contribution in [3.05, 3.63) is 58.1 Å². The van der Waals surface area contributed by atoms with Crippen molar-refractivity contribution in [2.75, 3.05) is 18.5 Å². The van der Waals surface area contributed by atoms with Crippen LogP contribution in [0.5, 0.6) is 5.75 Å². The van der Waals surface area contributed by atoms with Crippen molar-refractivity contribution in [1.29, 1.82) is 0 Å². The van der Waals surface area contributed by atoms with Gasteiger partial charge in [-0.15, -0.1) is 0 Å². The fraction of sp³-hybridized carbons (Fsp3) is 0.278. The summed E-state index contributed by atoms with van der Waals surface area (Å²) < 4.78 is 11.6. The van der Waals surface area contributed by atoms with Crippen molar-refractivity contribution in [2.45, 2.75) is 20.4 Å². The van der Waals surface area contributed by atoms with Gasteiger partial charge in [-0.1, -0.05) is 15.9 Å². The number of rotatable bonds is 7. The van der Waals surface area contributed by atoms with E-state index in [0.717, 1.165) is 21.5 Å². The van der Waals surface area contributed by atoms with Gasteiger partial charge in [-0.2, -0.15) is 0 Å². The molecular formula is C18H20BrNO3. The third-order valence-corrected chi connectivity index (χ3v) is 3.69. The second kappa shape index (κ2) is 8.58. The molecule has 0 aromatic heterocycles. The Hall–Kier alpha value is -2.01. The van der Waals surface area contributed by atoms with E-state index < -0.39 is 0 Å². The van der Waals surface area contributed by atoms with Crippen LogP contribution >= 0.6 is 15.9 Å². The predicted molar refractivity (Wildman–Crippen MR) is 95.0 cm³/mol. The van der Waals surface area contributed by atoms with E-state index in [1.54, 1.807) is 19.1 Å². The van der Waals surface area contributed by atoms with Crippen LogP contribution in [-0.4, -0.2) is 19.2 Å². The zero-order chi connectivity index (χ0) is 16.7. The SMILES string of the molecule is CCOC(=O)c1ccc(NCc2cc(Br)ccc2OCC)cc1. The summed E-state index contributed by atoms with van der Waals surface area (Å²) in [5.41, 5.74) is 2.55. The normalized spacial score (nSPS) is 10.2. The topological polar surface area (TPSA) is 47.6 Å². The van der Waals surface area contributed by atoms with Crippen LogP contribution < -0.4 is 10.1 Å². The molecule has 0 saturated carbocycles. The highest BCUT2D eigenvalue weighted by Gasteiger charge is 2.07. The summed E-state index contributed by atoms with van der Waals surface area (Å²) in [5, 5.41) is 3.33. The van der Waals surface area contributed by atoms with Crippen molar-refractivity contribution in [1.82, 2.24) is 0 Å². The van der Waals surface area contributed by atoms with Crippen LogP contribution in [0, 0.1) is 0 Å². The van der Waals surface area contributed by atoms with Gasteiger partial charge in [-0.3, -0.25) is 0 Å². The number of benzene rings is 2. The van der Waals surface area contributed by atoms with E-state index in [-0.39, 0.29) is 5.97 Å². The first-order chi connectivity index (χ1) is 11.1. The summed E-state index contributed by atoms with van der Waals surface area (Å²) in [5.74, 6) is 0.566. The average molecular weight is 378 g/mol. The molecule has 122 valence electrons. The number of halogens is 1. The van der Waals surface area contributed by atoms with Gasteiger partial charge >= 0.3 is 5.97 Å². The zero-order valence-electron chi connectivity index (χ0n) is 13.3. The molecule has 0 aliphatic carbocycles. The van der Waals surface area contributed by atoms with Gasteiger partial charge in [0.15, 0.2) is 0 Å². The van der Waals surface area contributed by atoms with E-state index in [9.17, 15) is 4.79 Å². The highest BCUT2D eigenvalue weighted by Crippen LogP contribution is 2.24. The quantitative estimate of drug-likeness (QED) is 0.714. The number of anilines is 1. The molecule has 2 rings (SSSR count). The molecule has 0 radical (unpaired) electrons. The minimum atomic E-state index is -0.301. The third kappa shape index (κ3) is 4.99. The van der Waals surface area contributed by atoms with Crippen molar-refractivity contribution in [3.63, 3.8) is 0 Å². The largest absolute Gasteiger partial charge is 0.494 e. The molecule has 0 heterocycles. The Morgan fingerprint density at radius 2 is 1.83 bits per heavy atom. The van der Waals surface area contributed by atoms with Crippen LogP contribution in [0.25, 0.3) is 0 Å². The molecule has 0 saturated heterocycles. The number of ether oxygens (including phenoxy) is 2. The maximum atomic E-state index is 11.6. The van der Waals surface area contributed by atoms with Gasteiger partial charge < -0.3 is 14.8 Å². The van der Waals surface area contributed by atoms with E-state index >= 15 is 0 Å². The van der Waals surface area contributed by atoms with Gasteiger partial charge in [0.2, 0.25) is 0 Å². The number of esters is 1. The monoisotopic (exact) mass is 377 g/mol. The van der Waals surface area contributed by atoms with Crippen LogP contribution in [-0.2, 0) is 11.3 Å². The lowest BCUT2D eigenvalue weighted by Crippen LogP contribution is -2.06. The molecular weight excluding hydrogens is 358 g/mol. The smallest absolute Gasteiger partial charge is 0.338 e. The standard InChI is InChI=1S/C18H20BrNO3/c1-3-22-17-10-7-15(19)11-14(17)12-20-16-8-5-13(6-9-16)18(21)23-4-2/h5-11,20H,3-4,12H2,1-2H3. The van der Waals surface area contributed by atoms with Crippen molar-refractivity contribution in [2.24, 2.45) is 0 Å². The average Bonchev–Trinajstić information content (AvgIpc) is 2.56. The lowest BCUT2D eigenvalue weighted by atomic mass is 10.1. The van der Waals surface area contributed by atoms with E-state index in [1.807, 2.05) is 37.3 Å². The molecule has 0 amide bonds. The number of hydrogen-bond donors (Lipinski definition) is 1. The molecule has 0 aliphatic heterocycles. The Morgan fingerprint density at radius 3 is 2.48 bits per heavy atom. The van der Waals surface area contributed by atoms with Gasteiger partial charge in [0.05, 0.1) is 18.8 Å². The Kier molecular flexibility index (Phi) is 6.47. The molecule has 23 heavy (non-hydrogen) atoms. The minimum Gasteiger partial charge on any atom is -0.494 e. The number of hydrogen-bond acceptors (Lipinski definition) is 4. The fourth-order valence-corrected chi connectivity index (χ4v) is 2.53. The molecule has 5 heteroatoms. The first-order valence-electron chi connectivity index (χ1n) is 7.56. The highest BCUT2D eigenvalue weighted by molar-refractivity contribution is 9.10. The van der Waals surface area contributed by atoms with Crippen LogP contribution in [0.1, 0.15) is 29.8 Å². The van der Waals surface area contributed by atoms with Crippen LogP contribution in [0.4, 0.5) is 5.69 Å². The summed E-state index contributed by atoms with van der Waals surface area (Å²) in [6, 6.07) is 13.2. The molecule has 0 unspecified atom stereocenters. The van der Waals surface area contributed by atoms with Gasteiger partial charge in [-0.05, 0) is 56.3 Å². The first kappa shape index (κ1) is 17.3. The maximum Gasteiger partial charge on any atom is 0.338 e. The molecule has 0 aliphatic rings. The van der Waals surface area contributed by atoms with Crippen LogP contribution in [0.3, 0.4) is 0 Å². The zero-order valence-corrected chi connectivity index (χ0v) is 14.9. The van der Waals surface area contributed by atoms with Gasteiger partial charge in [0.25, 0.3) is 0 Å². The maximum absolute atomic E-state index is 11.6. The number of carbonyl (C=O) groups is 1. The molecule has 4 nitrogen and oxygen atoms in total. The Labute approximate surface area is 144 Å². The van der Waals surface area contributed by atoms with E-state index in [2.05, 4.69) is 21.2 Å². The lowest BCUT2D eigenvalue weighted by molar-refractivity contribution is 0.0526. The Bertz CT molecular complexity index is 656. The van der Waals surface area contributed by atoms with E-state index in [4.69, 9.17) is 9.47 Å². The number of carbonyl (C=O) groups excluding carboxylic acids is 1.